The molecule has 102 valence electrons. The zero-order valence-corrected chi connectivity index (χ0v) is 11.3. The van der Waals surface area contributed by atoms with Crippen molar-refractivity contribution in [2.45, 2.75) is 20.0 Å². The van der Waals surface area contributed by atoms with E-state index >= 15 is 0 Å². The molecule has 0 spiro atoms. The first-order chi connectivity index (χ1) is 9.63. The smallest absolute Gasteiger partial charge is 0.230 e. The lowest BCUT2D eigenvalue weighted by Gasteiger charge is -2.09. The molecule has 3 aromatic rings. The molecule has 0 aromatic carbocycles. The monoisotopic (exact) mass is 269 g/mol. The number of aromatic nitrogens is 4. The molecule has 0 bridgehead atoms. The SMILES string of the molecule is CC(C)Oc1cn2c(-c3cccc(N)n3)cnc2cn1. The average molecular weight is 269 g/mol. The van der Waals surface area contributed by atoms with Gasteiger partial charge in [0.1, 0.15) is 5.82 Å². The molecule has 0 amide bonds. The van der Waals surface area contributed by atoms with Crippen LogP contribution < -0.4 is 10.5 Å². The van der Waals surface area contributed by atoms with Crippen LogP contribution in [0.25, 0.3) is 17.0 Å². The Morgan fingerprint density at radius 1 is 1.20 bits per heavy atom. The van der Waals surface area contributed by atoms with Gasteiger partial charge in [0.2, 0.25) is 5.88 Å². The Kier molecular flexibility index (Phi) is 2.98. The molecular formula is C14H15N5O. The number of pyridine rings is 1. The van der Waals surface area contributed by atoms with Crippen molar-refractivity contribution in [3.05, 3.63) is 36.8 Å². The lowest BCUT2D eigenvalue weighted by molar-refractivity contribution is 0.231. The second-order valence-electron chi connectivity index (χ2n) is 4.71. The van der Waals surface area contributed by atoms with Crippen molar-refractivity contribution < 1.29 is 4.74 Å². The van der Waals surface area contributed by atoms with Crippen molar-refractivity contribution in [2.24, 2.45) is 0 Å². The third-order valence-electron chi connectivity index (χ3n) is 2.76. The van der Waals surface area contributed by atoms with E-state index in [2.05, 4.69) is 15.0 Å². The van der Waals surface area contributed by atoms with E-state index in [-0.39, 0.29) is 6.10 Å². The van der Waals surface area contributed by atoms with Crippen LogP contribution in [0.4, 0.5) is 5.82 Å². The first kappa shape index (κ1) is 12.4. The summed E-state index contributed by atoms with van der Waals surface area (Å²) in [6, 6.07) is 5.51. The fraction of sp³-hybridized carbons (Fsp3) is 0.214. The first-order valence-corrected chi connectivity index (χ1v) is 6.36. The number of imidazole rings is 1. The summed E-state index contributed by atoms with van der Waals surface area (Å²) < 4.78 is 7.50. The van der Waals surface area contributed by atoms with Gasteiger partial charge in [-0.15, -0.1) is 0 Å². The number of nitrogen functional groups attached to an aromatic ring is 1. The fourth-order valence-corrected chi connectivity index (χ4v) is 1.96. The van der Waals surface area contributed by atoms with E-state index in [1.807, 2.05) is 36.6 Å². The van der Waals surface area contributed by atoms with E-state index in [0.29, 0.717) is 11.7 Å². The van der Waals surface area contributed by atoms with E-state index in [4.69, 9.17) is 10.5 Å². The van der Waals surface area contributed by atoms with Crippen molar-refractivity contribution in [2.75, 3.05) is 5.73 Å². The number of fused-ring (bicyclic) bond motifs is 1. The molecule has 6 nitrogen and oxygen atoms in total. The topological polar surface area (TPSA) is 78.3 Å². The van der Waals surface area contributed by atoms with Gasteiger partial charge in [-0.25, -0.2) is 15.0 Å². The maximum absolute atomic E-state index is 5.73. The highest BCUT2D eigenvalue weighted by molar-refractivity contribution is 5.61. The third kappa shape index (κ3) is 2.27. The molecule has 6 heteroatoms. The van der Waals surface area contributed by atoms with Gasteiger partial charge in [0.05, 0.1) is 36.1 Å². The summed E-state index contributed by atoms with van der Waals surface area (Å²) in [5.41, 5.74) is 8.08. The molecule has 0 atom stereocenters. The van der Waals surface area contributed by atoms with Crippen molar-refractivity contribution >= 4 is 11.5 Å². The van der Waals surface area contributed by atoms with Crippen LogP contribution in [0.5, 0.6) is 5.88 Å². The Labute approximate surface area is 116 Å². The Bertz CT molecular complexity index is 750. The highest BCUT2D eigenvalue weighted by Gasteiger charge is 2.09. The summed E-state index contributed by atoms with van der Waals surface area (Å²) in [6.45, 7) is 3.92. The van der Waals surface area contributed by atoms with Gasteiger partial charge in [0, 0.05) is 0 Å². The lowest BCUT2D eigenvalue weighted by atomic mass is 10.3. The lowest BCUT2D eigenvalue weighted by Crippen LogP contribution is -2.07. The highest BCUT2D eigenvalue weighted by Crippen LogP contribution is 2.21. The van der Waals surface area contributed by atoms with Crippen molar-refractivity contribution in [3.8, 4) is 17.3 Å². The van der Waals surface area contributed by atoms with Crippen LogP contribution >= 0.6 is 0 Å². The first-order valence-electron chi connectivity index (χ1n) is 6.36. The summed E-state index contributed by atoms with van der Waals surface area (Å²) in [5, 5.41) is 0. The third-order valence-corrected chi connectivity index (χ3v) is 2.76. The van der Waals surface area contributed by atoms with Gasteiger partial charge in [-0.2, -0.15) is 0 Å². The molecule has 0 aliphatic carbocycles. The minimum atomic E-state index is 0.0671. The molecule has 0 unspecified atom stereocenters. The Hall–Kier alpha value is -2.63. The Balaban J connectivity index is 2.11. The normalized spacial score (nSPS) is 11.2. The number of rotatable bonds is 3. The quantitative estimate of drug-likeness (QED) is 0.788. The summed E-state index contributed by atoms with van der Waals surface area (Å²) in [5.74, 6) is 1.03. The van der Waals surface area contributed by atoms with Gasteiger partial charge in [0.25, 0.3) is 0 Å². The van der Waals surface area contributed by atoms with E-state index in [1.165, 1.54) is 0 Å². The Morgan fingerprint density at radius 3 is 2.80 bits per heavy atom. The number of nitrogens with two attached hydrogens (primary N) is 1. The number of anilines is 1. The fourth-order valence-electron chi connectivity index (χ4n) is 1.96. The summed E-state index contributed by atoms with van der Waals surface area (Å²) in [6.07, 6.45) is 5.30. The predicted molar refractivity (Wildman–Crippen MR) is 76.4 cm³/mol. The van der Waals surface area contributed by atoms with Gasteiger partial charge in [-0.3, -0.25) is 4.40 Å². The van der Waals surface area contributed by atoms with Crippen LogP contribution in [0.1, 0.15) is 13.8 Å². The molecular weight excluding hydrogens is 254 g/mol. The second-order valence-corrected chi connectivity index (χ2v) is 4.71. The van der Waals surface area contributed by atoms with Crippen LogP contribution in [0.15, 0.2) is 36.8 Å². The van der Waals surface area contributed by atoms with Crippen LogP contribution in [0.3, 0.4) is 0 Å². The van der Waals surface area contributed by atoms with E-state index in [0.717, 1.165) is 17.0 Å². The maximum Gasteiger partial charge on any atom is 0.230 e. The molecule has 3 rings (SSSR count). The summed E-state index contributed by atoms with van der Waals surface area (Å²) >= 11 is 0. The molecule has 0 saturated carbocycles. The second kappa shape index (κ2) is 4.80. The van der Waals surface area contributed by atoms with Crippen LogP contribution in [-0.2, 0) is 0 Å². The molecule has 0 saturated heterocycles. The van der Waals surface area contributed by atoms with Gasteiger partial charge < -0.3 is 10.5 Å². The zero-order chi connectivity index (χ0) is 14.1. The van der Waals surface area contributed by atoms with Crippen LogP contribution in [0.2, 0.25) is 0 Å². The summed E-state index contributed by atoms with van der Waals surface area (Å²) in [7, 11) is 0. The van der Waals surface area contributed by atoms with Crippen LogP contribution in [0, 0.1) is 0 Å². The molecule has 0 aliphatic rings. The molecule has 0 fully saturated rings. The molecule has 20 heavy (non-hydrogen) atoms. The highest BCUT2D eigenvalue weighted by atomic mass is 16.5. The van der Waals surface area contributed by atoms with Gasteiger partial charge >= 0.3 is 0 Å². The van der Waals surface area contributed by atoms with E-state index in [9.17, 15) is 0 Å². The van der Waals surface area contributed by atoms with Gasteiger partial charge in [0.15, 0.2) is 5.65 Å². The van der Waals surface area contributed by atoms with Gasteiger partial charge in [-0.1, -0.05) is 6.07 Å². The van der Waals surface area contributed by atoms with Gasteiger partial charge in [-0.05, 0) is 26.0 Å². The number of ether oxygens (including phenoxy) is 1. The largest absolute Gasteiger partial charge is 0.474 e. The summed E-state index contributed by atoms with van der Waals surface area (Å²) in [4.78, 5) is 12.8. The van der Waals surface area contributed by atoms with E-state index < -0.39 is 0 Å². The van der Waals surface area contributed by atoms with Crippen LogP contribution in [-0.4, -0.2) is 25.5 Å². The average Bonchev–Trinajstić information content (AvgIpc) is 2.81. The minimum absolute atomic E-state index is 0.0671. The number of hydrogen-bond acceptors (Lipinski definition) is 5. The predicted octanol–water partition coefficient (Wildman–Crippen LogP) is 2.16. The van der Waals surface area contributed by atoms with Crippen molar-refractivity contribution in [1.29, 1.82) is 0 Å². The minimum Gasteiger partial charge on any atom is -0.474 e. The molecule has 0 aliphatic heterocycles. The number of hydrogen-bond donors (Lipinski definition) is 1. The molecule has 0 radical (unpaired) electrons. The van der Waals surface area contributed by atoms with Crippen molar-refractivity contribution in [3.63, 3.8) is 0 Å². The molecule has 3 heterocycles. The Morgan fingerprint density at radius 2 is 2.05 bits per heavy atom. The molecule has 3 aromatic heterocycles. The number of nitrogens with zero attached hydrogens (tertiary/aromatic N) is 4. The van der Waals surface area contributed by atoms with Crippen molar-refractivity contribution in [1.82, 2.24) is 19.4 Å². The standard InChI is InChI=1S/C14H15N5O/c1-9(2)20-14-8-19-11(6-16-13(19)7-17-14)10-4-3-5-12(15)18-10/h3-9H,1-2H3,(H2,15,18). The van der Waals surface area contributed by atoms with E-state index in [1.54, 1.807) is 18.5 Å². The maximum atomic E-state index is 5.73. The molecule has 2 N–H and O–H groups in total. The zero-order valence-electron chi connectivity index (χ0n) is 11.3.